The number of nitrogens with zero attached hydrogens (tertiary/aromatic N) is 2. The van der Waals surface area contributed by atoms with E-state index in [-0.39, 0.29) is 0 Å². The normalized spacial score (nSPS) is 21.4. The number of hydrogen-bond donors (Lipinski definition) is 1. The van der Waals surface area contributed by atoms with Gasteiger partial charge in [0.15, 0.2) is 0 Å². The highest BCUT2D eigenvalue weighted by Crippen LogP contribution is 2.34. The summed E-state index contributed by atoms with van der Waals surface area (Å²) in [5.41, 5.74) is 6.98. The van der Waals surface area contributed by atoms with Crippen molar-refractivity contribution in [3.63, 3.8) is 0 Å². The van der Waals surface area contributed by atoms with Crippen LogP contribution in [-0.4, -0.2) is 23.0 Å². The van der Waals surface area contributed by atoms with Gasteiger partial charge in [-0.2, -0.15) is 0 Å². The summed E-state index contributed by atoms with van der Waals surface area (Å²) in [4.78, 5) is 6.75. The van der Waals surface area contributed by atoms with Crippen molar-refractivity contribution in [1.82, 2.24) is 9.88 Å². The largest absolute Gasteiger partial charge is 0.384 e. The van der Waals surface area contributed by atoms with E-state index in [4.69, 9.17) is 17.3 Å². The molecule has 1 saturated heterocycles. The molecule has 0 saturated carbocycles. The van der Waals surface area contributed by atoms with Crippen LogP contribution in [0, 0.1) is 11.3 Å². The maximum absolute atomic E-state index is 6.16. The monoisotopic (exact) mass is 267 g/mol. The van der Waals surface area contributed by atoms with Gasteiger partial charge in [0.05, 0.1) is 10.7 Å². The Labute approximate surface area is 114 Å². The summed E-state index contributed by atoms with van der Waals surface area (Å²) >= 11 is 6.16. The SMILES string of the molecule is CC(C)(C)C1CCN(Cc2nc(N)ccc2Cl)C1. The zero-order chi connectivity index (χ0) is 13.3. The topological polar surface area (TPSA) is 42.2 Å². The summed E-state index contributed by atoms with van der Waals surface area (Å²) in [7, 11) is 0. The summed E-state index contributed by atoms with van der Waals surface area (Å²) in [6, 6.07) is 3.57. The van der Waals surface area contributed by atoms with Gasteiger partial charge in [-0.15, -0.1) is 0 Å². The third kappa shape index (κ3) is 3.15. The molecular formula is C14H22ClN3. The number of halogens is 1. The highest BCUT2D eigenvalue weighted by Gasteiger charge is 2.31. The number of rotatable bonds is 2. The van der Waals surface area contributed by atoms with Crippen molar-refractivity contribution in [2.75, 3.05) is 18.8 Å². The molecule has 2 heterocycles. The number of nitrogen functional groups attached to an aromatic ring is 1. The van der Waals surface area contributed by atoms with E-state index in [0.717, 1.165) is 31.2 Å². The van der Waals surface area contributed by atoms with Crippen molar-refractivity contribution in [1.29, 1.82) is 0 Å². The van der Waals surface area contributed by atoms with Gasteiger partial charge in [0.1, 0.15) is 5.82 Å². The van der Waals surface area contributed by atoms with Crippen LogP contribution in [0.5, 0.6) is 0 Å². The van der Waals surface area contributed by atoms with E-state index in [0.29, 0.717) is 16.3 Å². The average Bonchev–Trinajstić information content (AvgIpc) is 2.71. The van der Waals surface area contributed by atoms with Crippen LogP contribution in [0.1, 0.15) is 32.9 Å². The van der Waals surface area contributed by atoms with Crippen molar-refractivity contribution >= 4 is 17.4 Å². The number of anilines is 1. The van der Waals surface area contributed by atoms with Gasteiger partial charge in [-0.05, 0) is 36.4 Å². The molecule has 0 aliphatic carbocycles. The molecule has 0 aromatic carbocycles. The fourth-order valence-electron chi connectivity index (χ4n) is 2.51. The van der Waals surface area contributed by atoms with Gasteiger partial charge < -0.3 is 5.73 Å². The van der Waals surface area contributed by atoms with Crippen molar-refractivity contribution in [2.24, 2.45) is 11.3 Å². The summed E-state index contributed by atoms with van der Waals surface area (Å²) < 4.78 is 0. The second kappa shape index (κ2) is 5.06. The molecule has 1 aromatic rings. The van der Waals surface area contributed by atoms with E-state index in [1.807, 2.05) is 6.07 Å². The van der Waals surface area contributed by atoms with Crippen LogP contribution in [0.15, 0.2) is 12.1 Å². The standard InChI is InChI=1S/C14H22ClN3/c1-14(2,3)10-6-7-18(8-10)9-12-11(15)4-5-13(16)17-12/h4-5,10H,6-9H2,1-3H3,(H2,16,17). The number of likely N-dealkylation sites (tertiary alicyclic amines) is 1. The van der Waals surface area contributed by atoms with Gasteiger partial charge >= 0.3 is 0 Å². The van der Waals surface area contributed by atoms with E-state index >= 15 is 0 Å². The quantitative estimate of drug-likeness (QED) is 0.895. The molecule has 1 fully saturated rings. The fraction of sp³-hybridized carbons (Fsp3) is 0.643. The molecule has 3 nitrogen and oxygen atoms in total. The van der Waals surface area contributed by atoms with Gasteiger partial charge in [-0.1, -0.05) is 32.4 Å². The molecule has 0 amide bonds. The maximum Gasteiger partial charge on any atom is 0.123 e. The molecule has 1 aliphatic rings. The predicted molar refractivity (Wildman–Crippen MR) is 76.5 cm³/mol. The van der Waals surface area contributed by atoms with Crippen molar-refractivity contribution < 1.29 is 0 Å². The fourth-order valence-corrected chi connectivity index (χ4v) is 2.67. The second-order valence-electron chi connectivity index (χ2n) is 6.25. The lowest BCUT2D eigenvalue weighted by Gasteiger charge is -2.27. The minimum Gasteiger partial charge on any atom is -0.384 e. The molecule has 2 rings (SSSR count). The van der Waals surface area contributed by atoms with Crippen LogP contribution in [0.3, 0.4) is 0 Å². The number of nitrogens with two attached hydrogens (primary N) is 1. The first-order valence-corrected chi connectivity index (χ1v) is 6.87. The summed E-state index contributed by atoms with van der Waals surface area (Å²) in [6.45, 7) is 9.98. The van der Waals surface area contributed by atoms with Crippen molar-refractivity contribution in [3.05, 3.63) is 22.8 Å². The number of hydrogen-bond acceptors (Lipinski definition) is 3. The lowest BCUT2D eigenvalue weighted by molar-refractivity contribution is 0.225. The molecule has 1 unspecified atom stereocenters. The van der Waals surface area contributed by atoms with E-state index < -0.39 is 0 Å². The molecule has 1 atom stereocenters. The Balaban J connectivity index is 2.01. The Morgan fingerprint density at radius 3 is 2.78 bits per heavy atom. The zero-order valence-corrected chi connectivity index (χ0v) is 12.2. The molecule has 0 bridgehead atoms. The van der Waals surface area contributed by atoms with Crippen LogP contribution < -0.4 is 5.73 Å². The summed E-state index contributed by atoms with van der Waals surface area (Å²) in [5, 5.41) is 0.711. The molecule has 18 heavy (non-hydrogen) atoms. The molecule has 0 radical (unpaired) electrons. The van der Waals surface area contributed by atoms with Crippen LogP contribution in [0.4, 0.5) is 5.82 Å². The smallest absolute Gasteiger partial charge is 0.123 e. The molecule has 1 aromatic heterocycles. The van der Waals surface area contributed by atoms with Crippen molar-refractivity contribution in [3.8, 4) is 0 Å². The van der Waals surface area contributed by atoms with E-state index in [9.17, 15) is 0 Å². The Morgan fingerprint density at radius 2 is 2.17 bits per heavy atom. The lowest BCUT2D eigenvalue weighted by atomic mass is 9.80. The highest BCUT2D eigenvalue weighted by molar-refractivity contribution is 6.31. The third-order valence-corrected chi connectivity index (χ3v) is 4.15. The van der Waals surface area contributed by atoms with Crippen LogP contribution in [0.2, 0.25) is 5.02 Å². The molecule has 2 N–H and O–H groups in total. The summed E-state index contributed by atoms with van der Waals surface area (Å²) in [5.74, 6) is 1.29. The van der Waals surface area contributed by atoms with Crippen LogP contribution in [0.25, 0.3) is 0 Å². The highest BCUT2D eigenvalue weighted by atomic mass is 35.5. The van der Waals surface area contributed by atoms with Gasteiger partial charge in [0.2, 0.25) is 0 Å². The molecule has 0 spiro atoms. The Hall–Kier alpha value is -0.800. The summed E-state index contributed by atoms with van der Waals surface area (Å²) in [6.07, 6.45) is 1.25. The van der Waals surface area contributed by atoms with Gasteiger partial charge in [0, 0.05) is 13.1 Å². The Kier molecular flexibility index (Phi) is 3.83. The van der Waals surface area contributed by atoms with E-state index in [1.54, 1.807) is 6.07 Å². The van der Waals surface area contributed by atoms with Gasteiger partial charge in [0.25, 0.3) is 0 Å². The van der Waals surface area contributed by atoms with E-state index in [1.165, 1.54) is 6.42 Å². The van der Waals surface area contributed by atoms with E-state index in [2.05, 4.69) is 30.7 Å². The zero-order valence-electron chi connectivity index (χ0n) is 11.4. The molecule has 4 heteroatoms. The van der Waals surface area contributed by atoms with Gasteiger partial charge in [-0.25, -0.2) is 4.98 Å². The van der Waals surface area contributed by atoms with Crippen LogP contribution in [-0.2, 0) is 6.54 Å². The number of aromatic nitrogens is 1. The molecule has 100 valence electrons. The third-order valence-electron chi connectivity index (χ3n) is 3.81. The average molecular weight is 268 g/mol. The van der Waals surface area contributed by atoms with Gasteiger partial charge in [-0.3, -0.25) is 4.90 Å². The predicted octanol–water partition coefficient (Wildman–Crippen LogP) is 3.19. The minimum absolute atomic E-state index is 0.377. The first-order valence-electron chi connectivity index (χ1n) is 6.49. The maximum atomic E-state index is 6.16. The molecule has 1 aliphatic heterocycles. The molecular weight excluding hydrogens is 246 g/mol. The first kappa shape index (κ1) is 13.6. The minimum atomic E-state index is 0.377. The van der Waals surface area contributed by atoms with Crippen molar-refractivity contribution in [2.45, 2.75) is 33.7 Å². The Morgan fingerprint density at radius 1 is 1.44 bits per heavy atom. The second-order valence-corrected chi connectivity index (χ2v) is 6.66. The van der Waals surface area contributed by atoms with Crippen LogP contribution >= 0.6 is 11.6 Å². The first-order chi connectivity index (χ1) is 8.36. The Bertz CT molecular complexity index is 426. The number of pyridine rings is 1. The lowest BCUT2D eigenvalue weighted by Crippen LogP contribution is -2.26.